The minimum atomic E-state index is -0.224. The number of benzene rings is 2. The van der Waals surface area contributed by atoms with Crippen molar-refractivity contribution < 1.29 is 24.1 Å². The Hall–Kier alpha value is -2.95. The highest BCUT2D eigenvalue weighted by atomic mass is 16.5. The molecule has 0 spiro atoms. The van der Waals surface area contributed by atoms with Crippen LogP contribution in [0.1, 0.15) is 21.5 Å². The van der Waals surface area contributed by atoms with Crippen LogP contribution < -0.4 is 14.2 Å². The summed E-state index contributed by atoms with van der Waals surface area (Å²) >= 11 is 0. The van der Waals surface area contributed by atoms with Gasteiger partial charge in [-0.05, 0) is 48.4 Å². The van der Waals surface area contributed by atoms with Crippen molar-refractivity contribution in [2.75, 3.05) is 21.3 Å². The van der Waals surface area contributed by atoms with Crippen LogP contribution in [-0.4, -0.2) is 32.2 Å². The molecule has 0 aliphatic carbocycles. The smallest absolute Gasteiger partial charge is 0.204 e. The van der Waals surface area contributed by atoms with Gasteiger partial charge in [-0.2, -0.15) is 0 Å². The van der Waals surface area contributed by atoms with E-state index in [0.29, 0.717) is 22.8 Å². The van der Waals surface area contributed by atoms with E-state index in [2.05, 4.69) is 0 Å². The van der Waals surface area contributed by atoms with Crippen LogP contribution in [0.4, 0.5) is 0 Å². The number of ether oxygens (including phenoxy) is 3. The van der Waals surface area contributed by atoms with Crippen LogP contribution >= 0.6 is 0 Å². The van der Waals surface area contributed by atoms with Gasteiger partial charge in [0.15, 0.2) is 17.3 Å². The molecule has 0 atom stereocenters. The maximum Gasteiger partial charge on any atom is 0.204 e. The van der Waals surface area contributed by atoms with Crippen molar-refractivity contribution in [3.05, 3.63) is 53.1 Å². The van der Waals surface area contributed by atoms with Crippen molar-refractivity contribution in [2.45, 2.75) is 6.92 Å². The van der Waals surface area contributed by atoms with Gasteiger partial charge in [0.2, 0.25) is 5.75 Å². The third kappa shape index (κ3) is 3.51. The standard InChI is InChI=1S/C19H20O5/c1-12-11-13(5-8-15(12)20)6-9-16(21)14-7-10-17(22-2)19(24-4)18(14)23-3/h5-11,20H,1-4H3/b9-6+. The molecule has 0 heterocycles. The van der Waals surface area contributed by atoms with Gasteiger partial charge in [0, 0.05) is 0 Å². The largest absolute Gasteiger partial charge is 0.508 e. The highest BCUT2D eigenvalue weighted by Crippen LogP contribution is 2.40. The Morgan fingerprint density at radius 2 is 1.71 bits per heavy atom. The highest BCUT2D eigenvalue weighted by Gasteiger charge is 2.19. The number of hydrogen-bond donors (Lipinski definition) is 1. The summed E-state index contributed by atoms with van der Waals surface area (Å²) in [7, 11) is 4.48. The summed E-state index contributed by atoms with van der Waals surface area (Å²) in [5, 5.41) is 9.54. The minimum Gasteiger partial charge on any atom is -0.508 e. The van der Waals surface area contributed by atoms with E-state index in [1.54, 1.807) is 43.3 Å². The second kappa shape index (κ2) is 7.55. The first kappa shape index (κ1) is 17.4. The normalized spacial score (nSPS) is 10.7. The van der Waals surface area contributed by atoms with Crippen molar-refractivity contribution in [3.8, 4) is 23.0 Å². The van der Waals surface area contributed by atoms with E-state index in [1.807, 2.05) is 0 Å². The maximum absolute atomic E-state index is 12.5. The van der Waals surface area contributed by atoms with Gasteiger partial charge in [0.05, 0.1) is 26.9 Å². The Labute approximate surface area is 141 Å². The number of phenols is 1. The average Bonchev–Trinajstić information content (AvgIpc) is 2.60. The first-order valence-corrected chi connectivity index (χ1v) is 7.32. The van der Waals surface area contributed by atoms with Gasteiger partial charge in [-0.15, -0.1) is 0 Å². The minimum absolute atomic E-state index is 0.222. The number of allylic oxidation sites excluding steroid dienone is 1. The van der Waals surface area contributed by atoms with Crippen LogP contribution in [0.15, 0.2) is 36.4 Å². The maximum atomic E-state index is 12.5. The fraction of sp³-hybridized carbons (Fsp3) is 0.211. The summed E-state index contributed by atoms with van der Waals surface area (Å²) in [6, 6.07) is 8.42. The topological polar surface area (TPSA) is 65.0 Å². The van der Waals surface area contributed by atoms with Gasteiger partial charge in [-0.3, -0.25) is 4.79 Å². The Bertz CT molecular complexity index is 778. The van der Waals surface area contributed by atoms with Gasteiger partial charge in [-0.25, -0.2) is 0 Å². The molecule has 0 radical (unpaired) electrons. The molecule has 0 fully saturated rings. The Morgan fingerprint density at radius 1 is 1.00 bits per heavy atom. The molecular weight excluding hydrogens is 308 g/mol. The Kier molecular flexibility index (Phi) is 5.47. The van der Waals surface area contributed by atoms with E-state index in [1.165, 1.54) is 27.4 Å². The highest BCUT2D eigenvalue weighted by molar-refractivity contribution is 6.09. The fourth-order valence-electron chi connectivity index (χ4n) is 2.34. The number of carbonyl (C=O) groups excluding carboxylic acids is 1. The second-order valence-electron chi connectivity index (χ2n) is 5.13. The summed E-state index contributed by atoms with van der Waals surface area (Å²) in [6.07, 6.45) is 3.14. The molecular formula is C19H20O5. The van der Waals surface area contributed by atoms with Gasteiger partial charge in [0.25, 0.3) is 0 Å². The number of aryl methyl sites for hydroxylation is 1. The molecule has 0 aliphatic rings. The average molecular weight is 328 g/mol. The Morgan fingerprint density at radius 3 is 2.29 bits per heavy atom. The molecule has 2 aromatic carbocycles. The molecule has 1 N–H and O–H groups in total. The fourth-order valence-corrected chi connectivity index (χ4v) is 2.34. The lowest BCUT2D eigenvalue weighted by Gasteiger charge is -2.14. The quantitative estimate of drug-likeness (QED) is 0.648. The van der Waals surface area contributed by atoms with Gasteiger partial charge >= 0.3 is 0 Å². The third-order valence-electron chi connectivity index (χ3n) is 3.62. The van der Waals surface area contributed by atoms with E-state index in [9.17, 15) is 9.90 Å². The van der Waals surface area contributed by atoms with E-state index in [0.717, 1.165) is 11.1 Å². The van der Waals surface area contributed by atoms with E-state index >= 15 is 0 Å². The predicted molar refractivity (Wildman–Crippen MR) is 92.3 cm³/mol. The number of carbonyl (C=O) groups is 1. The zero-order valence-corrected chi connectivity index (χ0v) is 14.1. The summed E-state index contributed by atoms with van der Waals surface area (Å²) in [4.78, 5) is 12.5. The van der Waals surface area contributed by atoms with Crippen LogP contribution in [-0.2, 0) is 0 Å². The molecule has 0 aliphatic heterocycles. The van der Waals surface area contributed by atoms with Crippen molar-refractivity contribution in [2.24, 2.45) is 0 Å². The molecule has 0 saturated carbocycles. The van der Waals surface area contributed by atoms with Crippen molar-refractivity contribution in [1.82, 2.24) is 0 Å². The molecule has 0 aromatic heterocycles. The Balaban J connectivity index is 2.35. The molecule has 2 aromatic rings. The summed E-state index contributed by atoms with van der Waals surface area (Å²) in [5.74, 6) is 1.19. The van der Waals surface area contributed by atoms with E-state index in [4.69, 9.17) is 14.2 Å². The SMILES string of the molecule is COc1ccc(C(=O)/C=C/c2ccc(O)c(C)c2)c(OC)c1OC. The lowest BCUT2D eigenvalue weighted by Crippen LogP contribution is -2.02. The molecule has 24 heavy (non-hydrogen) atoms. The molecule has 0 amide bonds. The van der Waals surface area contributed by atoms with Crippen LogP contribution in [0.3, 0.4) is 0 Å². The molecule has 0 saturated heterocycles. The van der Waals surface area contributed by atoms with Crippen LogP contribution in [0, 0.1) is 6.92 Å². The molecule has 5 heteroatoms. The summed E-state index contributed by atoms with van der Waals surface area (Å²) in [6.45, 7) is 1.80. The van der Waals surface area contributed by atoms with Crippen molar-refractivity contribution in [1.29, 1.82) is 0 Å². The van der Waals surface area contributed by atoms with Crippen LogP contribution in [0.5, 0.6) is 23.0 Å². The number of hydrogen-bond acceptors (Lipinski definition) is 5. The molecule has 5 nitrogen and oxygen atoms in total. The van der Waals surface area contributed by atoms with Gasteiger partial charge in [-0.1, -0.05) is 12.1 Å². The first-order valence-electron chi connectivity index (χ1n) is 7.32. The lowest BCUT2D eigenvalue weighted by atomic mass is 10.1. The molecule has 0 unspecified atom stereocenters. The molecule has 2 rings (SSSR count). The second-order valence-corrected chi connectivity index (χ2v) is 5.13. The lowest BCUT2D eigenvalue weighted by molar-refractivity contribution is 0.104. The van der Waals surface area contributed by atoms with Gasteiger partial charge in [0.1, 0.15) is 5.75 Å². The van der Waals surface area contributed by atoms with Gasteiger partial charge < -0.3 is 19.3 Å². The summed E-state index contributed by atoms with van der Waals surface area (Å²) in [5.41, 5.74) is 1.94. The number of aromatic hydroxyl groups is 1. The predicted octanol–water partition coefficient (Wildman–Crippen LogP) is 3.62. The number of methoxy groups -OCH3 is 3. The molecule has 126 valence electrons. The number of rotatable bonds is 6. The van der Waals surface area contributed by atoms with Crippen molar-refractivity contribution in [3.63, 3.8) is 0 Å². The third-order valence-corrected chi connectivity index (χ3v) is 3.62. The van der Waals surface area contributed by atoms with E-state index in [-0.39, 0.29) is 11.5 Å². The van der Waals surface area contributed by atoms with Crippen LogP contribution in [0.25, 0.3) is 6.08 Å². The van der Waals surface area contributed by atoms with Crippen LogP contribution in [0.2, 0.25) is 0 Å². The van der Waals surface area contributed by atoms with E-state index < -0.39 is 0 Å². The monoisotopic (exact) mass is 328 g/mol. The zero-order valence-electron chi connectivity index (χ0n) is 14.1. The zero-order chi connectivity index (χ0) is 17.7. The van der Waals surface area contributed by atoms with Crippen molar-refractivity contribution >= 4 is 11.9 Å². The molecule has 0 bridgehead atoms. The number of ketones is 1. The number of phenolic OH excluding ortho intramolecular Hbond substituents is 1. The first-order chi connectivity index (χ1) is 11.5. The summed E-state index contributed by atoms with van der Waals surface area (Å²) < 4.78 is 15.8.